The number of nitrogens with zero attached hydrogens (tertiary/aromatic N) is 2. The van der Waals surface area contributed by atoms with E-state index in [4.69, 9.17) is 73.1 Å². The summed E-state index contributed by atoms with van der Waals surface area (Å²) in [5.41, 5.74) is 1.53. The summed E-state index contributed by atoms with van der Waals surface area (Å²) in [6, 6.07) is -0.240. The van der Waals surface area contributed by atoms with Gasteiger partial charge in [0.15, 0.2) is 37.4 Å². The number of nitrogens with one attached hydrogen (secondary N) is 6. The SMILES string of the molecule is COP(O)(=S)ONC(=O)c1cc(OCC(=O)N(CC(=O)CCCOCCOC2CC(CO)C(O)C(O)C2NC(C)=O)CC(=O)NCCOCCCC2CC(CO)C(O)C(O)C2CC(C)=O)cc(OCC(=O)N(CC(=O)CCCOCCOC2OC(CO)C(O)C(O)C2NC(C)=O)CC(=O)NCCOCCOC2OC(CO)C(O)C(O)C2NC(C)=O)c1. The Balaban J connectivity index is 1.28. The second kappa shape index (κ2) is 54.9. The van der Waals surface area contributed by atoms with Crippen LogP contribution in [-0.2, 0) is 112 Å². The highest BCUT2D eigenvalue weighted by atomic mass is 32.5. The van der Waals surface area contributed by atoms with E-state index in [0.717, 1.165) is 42.0 Å². The van der Waals surface area contributed by atoms with Gasteiger partial charge in [-0.05, 0) is 81.2 Å². The van der Waals surface area contributed by atoms with Crippen molar-refractivity contribution in [3.05, 3.63) is 23.8 Å². The fourth-order valence-electron chi connectivity index (χ4n) is 13.8. The molecule has 21 atom stereocenters. The average Bonchev–Trinajstić information content (AvgIpc) is 0.903. The summed E-state index contributed by atoms with van der Waals surface area (Å²) in [6.45, 7) is -7.22. The molecule has 0 bridgehead atoms. The number of ketones is 3. The van der Waals surface area contributed by atoms with Crippen molar-refractivity contribution in [1.29, 1.82) is 0 Å². The predicted molar refractivity (Wildman–Crippen MR) is 416 cm³/mol. The minimum absolute atomic E-state index is 0.0130. The van der Waals surface area contributed by atoms with Gasteiger partial charge in [0.05, 0.1) is 110 Å². The topological polar surface area (TPSA) is 649 Å². The van der Waals surface area contributed by atoms with Gasteiger partial charge >= 0.3 is 6.72 Å². The molecule has 1 aromatic rings. The van der Waals surface area contributed by atoms with Crippen molar-refractivity contribution in [2.45, 2.75) is 183 Å². The van der Waals surface area contributed by atoms with Gasteiger partial charge < -0.3 is 164 Å². The van der Waals surface area contributed by atoms with Crippen molar-refractivity contribution in [2.75, 3.05) is 159 Å². The molecule has 47 heteroatoms. The maximum Gasteiger partial charge on any atom is 0.346 e. The van der Waals surface area contributed by atoms with Gasteiger partial charge in [-0.3, -0.25) is 47.9 Å². The van der Waals surface area contributed by atoms with E-state index in [1.54, 1.807) is 0 Å². The van der Waals surface area contributed by atoms with Crippen LogP contribution in [0.1, 0.15) is 95.8 Å². The van der Waals surface area contributed by atoms with E-state index in [9.17, 15) is 119 Å². The molecule has 0 spiro atoms. The number of aliphatic hydroxyl groups excluding tert-OH is 12. The lowest BCUT2D eigenvalue weighted by molar-refractivity contribution is -0.272. The lowest BCUT2D eigenvalue weighted by Gasteiger charge is -2.42. The number of carbonyl (C=O) groups excluding carboxylic acids is 11. The quantitative estimate of drug-likeness (QED) is 0.0164. The molecular formula is C74H121N8O37PS. The molecule has 1 aromatic carbocycles. The third kappa shape index (κ3) is 36.4. The van der Waals surface area contributed by atoms with E-state index in [1.165, 1.54) is 20.8 Å². The van der Waals surface area contributed by atoms with Gasteiger partial charge in [-0.25, -0.2) is 5.48 Å². The number of hydroxylamine groups is 1. The highest BCUT2D eigenvalue weighted by molar-refractivity contribution is 8.07. The number of hydrogen-bond donors (Lipinski definition) is 19. The Kier molecular flexibility index (Phi) is 47.6. The minimum Gasteiger partial charge on any atom is -0.484 e. The van der Waals surface area contributed by atoms with E-state index in [2.05, 4.69) is 26.6 Å². The van der Waals surface area contributed by atoms with Crippen LogP contribution in [0.5, 0.6) is 11.5 Å². The lowest BCUT2D eigenvalue weighted by Crippen LogP contribution is -2.64. The van der Waals surface area contributed by atoms with Crippen molar-refractivity contribution in [2.24, 2.45) is 23.7 Å². The molecule has 690 valence electrons. The number of Topliss-reactive ketones (excluding diaryl/α,β-unsaturated/α-hetero) is 3. The molecule has 4 fully saturated rings. The summed E-state index contributed by atoms with van der Waals surface area (Å²) in [6.07, 6.45) is -16.3. The first-order chi connectivity index (χ1) is 57.5. The maximum absolute atomic E-state index is 14.3. The van der Waals surface area contributed by atoms with Crippen LogP contribution in [0.25, 0.3) is 0 Å². The van der Waals surface area contributed by atoms with Gasteiger partial charge in [-0.1, -0.05) is 0 Å². The predicted octanol–water partition coefficient (Wildman–Crippen LogP) is -8.11. The third-order valence-electron chi connectivity index (χ3n) is 20.0. The molecule has 5 rings (SSSR count). The first-order valence-corrected chi connectivity index (χ1v) is 42.2. The number of carbonyl (C=O) groups is 11. The number of amides is 8. The fourth-order valence-corrected chi connectivity index (χ4v) is 14.2. The molecule has 2 saturated carbocycles. The highest BCUT2D eigenvalue weighted by Gasteiger charge is 2.49. The Bertz CT molecular complexity index is 3130. The fraction of sp³-hybridized carbons (Fsp3) is 0.770. The molecule has 21 unspecified atom stereocenters. The number of aliphatic hydroxyl groups is 12. The van der Waals surface area contributed by atoms with E-state index in [1.807, 2.05) is 5.48 Å². The van der Waals surface area contributed by atoms with Gasteiger partial charge in [0.2, 0.25) is 29.5 Å². The second-order valence-electron chi connectivity index (χ2n) is 29.4. The molecule has 2 aliphatic heterocycles. The molecule has 2 aliphatic carbocycles. The van der Waals surface area contributed by atoms with Crippen LogP contribution in [0.15, 0.2) is 18.2 Å². The maximum atomic E-state index is 14.3. The van der Waals surface area contributed by atoms with Crippen molar-refractivity contribution in [3.8, 4) is 11.5 Å². The van der Waals surface area contributed by atoms with E-state index in [-0.39, 0.29) is 154 Å². The van der Waals surface area contributed by atoms with Crippen molar-refractivity contribution in [1.82, 2.24) is 41.9 Å². The Morgan fingerprint density at radius 2 is 0.909 bits per heavy atom. The van der Waals surface area contributed by atoms with Crippen LogP contribution in [0.3, 0.4) is 0 Å². The molecule has 19 N–H and O–H groups in total. The zero-order chi connectivity index (χ0) is 89.5. The van der Waals surface area contributed by atoms with Gasteiger partial charge in [-0.2, -0.15) is 4.62 Å². The summed E-state index contributed by atoms with van der Waals surface area (Å²) in [4.78, 5) is 156. The van der Waals surface area contributed by atoms with E-state index >= 15 is 0 Å². The third-order valence-corrected chi connectivity index (χ3v) is 21.5. The lowest BCUT2D eigenvalue weighted by atomic mass is 9.67. The summed E-state index contributed by atoms with van der Waals surface area (Å²) in [5, 5.41) is 136. The summed E-state index contributed by atoms with van der Waals surface area (Å²) in [7, 11) is 0.999. The second-order valence-corrected chi connectivity index (χ2v) is 32.3. The minimum atomic E-state index is -4.07. The Labute approximate surface area is 703 Å². The van der Waals surface area contributed by atoms with E-state index < -0.39 is 246 Å². The standard InChI is InChI=1S/C74H121N8O37PS/c1-41(87)25-53-45(26-47(35-83)64(97)66(53)99)9-6-14-108-17-12-75-57(93)33-81(31-49(91)10-7-15-109-19-22-112-54-29-48(36-84)65(98)69(102)61(54)77-42(2)88)59(95)39-115-51-27-46(72(105)80-119-120(106,121)107-5)28-52(30-51)116-40-60(96)82(32-50(92)11-8-16-110-20-23-113-73-62(78-43(3)89)70(103)67(100)55(37-85)117-73)34-58(94)76-13-18-111-21-24-114-74-63(79-44(4)90)71(104)68(101)56(38-86)118-74/h27-28,30,45,47-48,53-56,61-71,73-74,83-86,97-104H,6-26,29,31-40H2,1-5H3,(H,75,93)(H,76,94)(H,77,88)(H,78,89)(H,79,90)(H,80,105)(H,106,121). The average molecular weight is 1780 g/mol. The van der Waals surface area contributed by atoms with Crippen LogP contribution in [0.4, 0.5) is 0 Å². The smallest absolute Gasteiger partial charge is 0.346 e. The highest BCUT2D eigenvalue weighted by Crippen LogP contribution is 2.42. The molecule has 45 nitrogen and oxygen atoms in total. The van der Waals surface area contributed by atoms with Crippen LogP contribution in [0.2, 0.25) is 0 Å². The van der Waals surface area contributed by atoms with Gasteiger partial charge in [-0.15, -0.1) is 0 Å². The van der Waals surface area contributed by atoms with Gasteiger partial charge in [0, 0.05) is 117 Å². The normalized spacial score (nSPS) is 27.1. The molecular weight excluding hydrogens is 1660 g/mol. The first kappa shape index (κ1) is 105. The summed E-state index contributed by atoms with van der Waals surface area (Å²) >= 11 is 4.85. The molecule has 121 heavy (non-hydrogen) atoms. The number of benzene rings is 1. The zero-order valence-corrected chi connectivity index (χ0v) is 70.0. The van der Waals surface area contributed by atoms with Crippen molar-refractivity contribution >= 4 is 83.1 Å². The monoisotopic (exact) mass is 1780 g/mol. The van der Waals surface area contributed by atoms with Gasteiger partial charge in [0.1, 0.15) is 85.2 Å². The Morgan fingerprint density at radius 3 is 1.36 bits per heavy atom. The van der Waals surface area contributed by atoms with Crippen LogP contribution in [0, 0.1) is 23.7 Å². The molecule has 2 heterocycles. The number of hydrogen-bond acceptors (Lipinski definition) is 37. The largest absolute Gasteiger partial charge is 0.484 e. The first-order valence-electron chi connectivity index (χ1n) is 39.6. The van der Waals surface area contributed by atoms with Crippen LogP contribution >= 0.6 is 6.72 Å². The molecule has 2 saturated heterocycles. The number of ether oxygens (including phenoxy) is 11. The summed E-state index contributed by atoms with van der Waals surface area (Å²) in [5.74, 6) is -10.4. The van der Waals surface area contributed by atoms with Gasteiger partial charge in [0.25, 0.3) is 17.7 Å². The molecule has 0 radical (unpaired) electrons. The Morgan fingerprint density at radius 1 is 0.488 bits per heavy atom. The zero-order valence-electron chi connectivity index (χ0n) is 68.3. The van der Waals surface area contributed by atoms with E-state index in [0.29, 0.717) is 19.3 Å². The number of rotatable bonds is 57. The van der Waals surface area contributed by atoms with Crippen LogP contribution < -0.4 is 41.5 Å². The van der Waals surface area contributed by atoms with Crippen molar-refractivity contribution in [3.63, 3.8) is 0 Å². The summed E-state index contributed by atoms with van der Waals surface area (Å²) < 4.78 is 72.3. The Hall–Kier alpha value is -6.72. The molecule has 8 amide bonds. The molecule has 0 aromatic heterocycles. The molecule has 4 aliphatic rings. The van der Waals surface area contributed by atoms with Crippen LogP contribution in [-0.4, -0.2) is 397 Å². The van der Waals surface area contributed by atoms with Crippen molar-refractivity contribution < 1.29 is 180 Å².